The fraction of sp³-hybridized carbons (Fsp3) is 0.0476. The van der Waals surface area contributed by atoms with Crippen LogP contribution < -0.4 is 16.8 Å². The van der Waals surface area contributed by atoms with Crippen LogP contribution in [0.2, 0.25) is 0 Å². The van der Waals surface area contributed by atoms with Crippen LogP contribution in [0.4, 0.5) is 5.69 Å². The number of carbonyl (C=O) groups excluding carboxylic acids is 1. The smallest absolute Gasteiger partial charge is 0.221 e. The minimum absolute atomic E-state index is 0.0152. The van der Waals surface area contributed by atoms with Gasteiger partial charge in [-0.3, -0.25) is 4.79 Å². The zero-order valence-electron chi connectivity index (χ0n) is 14.5. The van der Waals surface area contributed by atoms with Crippen LogP contribution in [0.1, 0.15) is 12.5 Å². The minimum atomic E-state index is -0.0945. The van der Waals surface area contributed by atoms with Crippen LogP contribution in [0.15, 0.2) is 72.2 Å². The third kappa shape index (κ3) is 3.72. The second-order valence-corrected chi connectivity index (χ2v) is 5.99. The van der Waals surface area contributed by atoms with Gasteiger partial charge in [-0.1, -0.05) is 49.0 Å². The van der Waals surface area contributed by atoms with Crippen LogP contribution in [0.5, 0.6) is 0 Å². The average Bonchev–Trinajstić information content (AvgIpc) is 2.59. The maximum atomic E-state index is 11.3. The molecule has 0 saturated carbocycles. The molecule has 0 heterocycles. The summed E-state index contributed by atoms with van der Waals surface area (Å²) in [6, 6.07) is 19.8. The van der Waals surface area contributed by atoms with E-state index < -0.39 is 0 Å². The summed E-state index contributed by atoms with van der Waals surface area (Å²) in [5, 5.41) is 4.96. The second-order valence-electron chi connectivity index (χ2n) is 5.99. The SMILES string of the molecule is C=C(N=C(N)N)c1ccc2c(-c3cccc(NC(C)=O)c3)cccc2c1. The number of rotatable bonds is 4. The third-order valence-corrected chi connectivity index (χ3v) is 3.97. The summed E-state index contributed by atoms with van der Waals surface area (Å²) in [7, 11) is 0. The van der Waals surface area contributed by atoms with Gasteiger partial charge in [0.05, 0.1) is 5.70 Å². The van der Waals surface area contributed by atoms with E-state index in [4.69, 9.17) is 11.5 Å². The maximum Gasteiger partial charge on any atom is 0.221 e. The molecule has 0 saturated heterocycles. The van der Waals surface area contributed by atoms with Gasteiger partial charge in [0.15, 0.2) is 5.96 Å². The molecule has 5 N–H and O–H groups in total. The van der Waals surface area contributed by atoms with E-state index in [1.165, 1.54) is 6.92 Å². The zero-order valence-corrected chi connectivity index (χ0v) is 14.5. The van der Waals surface area contributed by atoms with Crippen LogP contribution in [-0.4, -0.2) is 11.9 Å². The number of hydrogen-bond donors (Lipinski definition) is 3. The number of hydrogen-bond acceptors (Lipinski definition) is 2. The van der Waals surface area contributed by atoms with Crippen molar-refractivity contribution in [3.8, 4) is 11.1 Å². The Kier molecular flexibility index (Phi) is 4.71. The highest BCUT2D eigenvalue weighted by atomic mass is 16.1. The van der Waals surface area contributed by atoms with E-state index in [1.807, 2.05) is 54.6 Å². The number of benzene rings is 3. The number of anilines is 1. The fourth-order valence-corrected chi connectivity index (χ4v) is 2.90. The average molecular weight is 344 g/mol. The number of amides is 1. The zero-order chi connectivity index (χ0) is 18.7. The van der Waals surface area contributed by atoms with E-state index in [2.05, 4.69) is 23.0 Å². The molecule has 130 valence electrons. The van der Waals surface area contributed by atoms with Crippen molar-refractivity contribution in [2.45, 2.75) is 6.92 Å². The predicted octanol–water partition coefficient (Wildman–Crippen LogP) is 3.71. The predicted molar refractivity (Wildman–Crippen MR) is 109 cm³/mol. The molecule has 1 amide bonds. The Morgan fingerprint density at radius 1 is 1.04 bits per heavy atom. The van der Waals surface area contributed by atoms with Crippen LogP contribution in [-0.2, 0) is 4.79 Å². The molecule has 0 fully saturated rings. The molecule has 0 aromatic heterocycles. The molecular weight excluding hydrogens is 324 g/mol. The standard InChI is InChI=1S/C21H20N4O/c1-13(24-21(22)23)15-9-10-20-16(11-15)6-4-8-19(20)17-5-3-7-18(12-17)25-14(2)26/h3-12H,1H2,2H3,(H,25,26)(H4,22,23,24). The van der Waals surface area contributed by atoms with Crippen LogP contribution in [0.25, 0.3) is 27.6 Å². The van der Waals surface area contributed by atoms with E-state index in [9.17, 15) is 4.79 Å². The molecule has 0 aliphatic carbocycles. The number of nitrogens with two attached hydrogens (primary N) is 2. The van der Waals surface area contributed by atoms with Crippen molar-refractivity contribution >= 4 is 34.0 Å². The molecule has 0 aliphatic rings. The van der Waals surface area contributed by atoms with Crippen molar-refractivity contribution in [2.75, 3.05) is 5.32 Å². The number of nitrogens with zero attached hydrogens (tertiary/aromatic N) is 1. The minimum Gasteiger partial charge on any atom is -0.370 e. The lowest BCUT2D eigenvalue weighted by Gasteiger charge is -2.10. The van der Waals surface area contributed by atoms with E-state index >= 15 is 0 Å². The second kappa shape index (κ2) is 7.11. The van der Waals surface area contributed by atoms with E-state index in [0.717, 1.165) is 33.2 Å². The van der Waals surface area contributed by atoms with Gasteiger partial charge in [-0.15, -0.1) is 0 Å². The first-order chi connectivity index (χ1) is 12.4. The first-order valence-corrected chi connectivity index (χ1v) is 8.14. The Bertz CT molecular complexity index is 1030. The normalized spacial score (nSPS) is 10.3. The molecule has 0 atom stereocenters. The number of guanidine groups is 1. The molecule has 5 nitrogen and oxygen atoms in total. The molecule has 5 heteroatoms. The van der Waals surface area contributed by atoms with Crippen molar-refractivity contribution in [3.05, 3.63) is 72.8 Å². The summed E-state index contributed by atoms with van der Waals surface area (Å²) in [6.45, 7) is 5.40. The summed E-state index contributed by atoms with van der Waals surface area (Å²) in [6.07, 6.45) is 0. The molecule has 0 radical (unpaired) electrons. The summed E-state index contributed by atoms with van der Waals surface area (Å²) >= 11 is 0. The number of carbonyl (C=O) groups is 1. The van der Waals surface area contributed by atoms with Gasteiger partial charge in [0, 0.05) is 18.2 Å². The van der Waals surface area contributed by atoms with Crippen LogP contribution in [0.3, 0.4) is 0 Å². The summed E-state index contributed by atoms with van der Waals surface area (Å²) in [5.74, 6) is -0.110. The van der Waals surface area contributed by atoms with Crippen molar-refractivity contribution in [3.63, 3.8) is 0 Å². The van der Waals surface area contributed by atoms with Gasteiger partial charge >= 0.3 is 0 Å². The molecule has 0 spiro atoms. The Morgan fingerprint density at radius 3 is 2.54 bits per heavy atom. The van der Waals surface area contributed by atoms with Gasteiger partial charge in [-0.2, -0.15) is 0 Å². The number of nitrogens with one attached hydrogen (secondary N) is 1. The lowest BCUT2D eigenvalue weighted by Crippen LogP contribution is -2.22. The largest absolute Gasteiger partial charge is 0.370 e. The Labute approximate surface area is 152 Å². The van der Waals surface area contributed by atoms with Gasteiger partial charge < -0.3 is 16.8 Å². The van der Waals surface area contributed by atoms with Gasteiger partial charge in [0.2, 0.25) is 5.91 Å². The van der Waals surface area contributed by atoms with Gasteiger partial charge in [0.25, 0.3) is 0 Å². The van der Waals surface area contributed by atoms with Crippen molar-refractivity contribution in [2.24, 2.45) is 16.5 Å². The van der Waals surface area contributed by atoms with Gasteiger partial charge in [0.1, 0.15) is 0 Å². The van der Waals surface area contributed by atoms with E-state index in [1.54, 1.807) is 0 Å². The quantitative estimate of drug-likeness (QED) is 0.497. The number of fused-ring (bicyclic) bond motifs is 1. The highest BCUT2D eigenvalue weighted by molar-refractivity contribution is 5.99. The van der Waals surface area contributed by atoms with Gasteiger partial charge in [-0.05, 0) is 40.1 Å². The monoisotopic (exact) mass is 344 g/mol. The molecule has 3 aromatic rings. The topological polar surface area (TPSA) is 93.5 Å². The summed E-state index contributed by atoms with van der Waals surface area (Å²) in [5.41, 5.74) is 15.1. The van der Waals surface area contributed by atoms with Crippen molar-refractivity contribution in [1.29, 1.82) is 0 Å². The molecular formula is C21H20N4O. The molecule has 0 unspecified atom stereocenters. The summed E-state index contributed by atoms with van der Waals surface area (Å²) < 4.78 is 0. The van der Waals surface area contributed by atoms with E-state index in [0.29, 0.717) is 5.70 Å². The van der Waals surface area contributed by atoms with Crippen LogP contribution >= 0.6 is 0 Å². The third-order valence-electron chi connectivity index (χ3n) is 3.97. The molecule has 26 heavy (non-hydrogen) atoms. The van der Waals surface area contributed by atoms with Crippen molar-refractivity contribution < 1.29 is 4.79 Å². The van der Waals surface area contributed by atoms with Crippen molar-refractivity contribution in [1.82, 2.24) is 0 Å². The first kappa shape index (κ1) is 17.2. The molecule has 3 aromatic carbocycles. The number of aliphatic imine (C=N–C) groups is 1. The fourth-order valence-electron chi connectivity index (χ4n) is 2.90. The highest BCUT2D eigenvalue weighted by Crippen LogP contribution is 2.31. The van der Waals surface area contributed by atoms with Gasteiger partial charge in [-0.25, -0.2) is 4.99 Å². The Morgan fingerprint density at radius 2 is 1.81 bits per heavy atom. The Hall–Kier alpha value is -3.60. The first-order valence-electron chi connectivity index (χ1n) is 8.14. The Balaban J connectivity index is 2.07. The highest BCUT2D eigenvalue weighted by Gasteiger charge is 2.07. The van der Waals surface area contributed by atoms with Crippen LogP contribution in [0, 0.1) is 0 Å². The molecule has 0 bridgehead atoms. The lowest BCUT2D eigenvalue weighted by molar-refractivity contribution is -0.114. The molecule has 0 aliphatic heterocycles. The molecule has 3 rings (SSSR count). The maximum absolute atomic E-state index is 11.3. The van der Waals surface area contributed by atoms with E-state index in [-0.39, 0.29) is 11.9 Å². The summed E-state index contributed by atoms with van der Waals surface area (Å²) in [4.78, 5) is 15.3. The lowest BCUT2D eigenvalue weighted by atomic mass is 9.96.